The summed E-state index contributed by atoms with van der Waals surface area (Å²) in [6, 6.07) is 5.85. The van der Waals surface area contributed by atoms with Crippen molar-refractivity contribution >= 4 is 54.7 Å². The zero-order valence-corrected chi connectivity index (χ0v) is 16.1. The van der Waals surface area contributed by atoms with Crippen molar-refractivity contribution in [2.24, 2.45) is 0 Å². The quantitative estimate of drug-likeness (QED) is 0.727. The maximum absolute atomic E-state index is 13.1. The lowest BCUT2D eigenvalue weighted by molar-refractivity contribution is -0.113. The zero-order valence-electron chi connectivity index (χ0n) is 13.0. The summed E-state index contributed by atoms with van der Waals surface area (Å²) in [6.45, 7) is 0.0482. The van der Waals surface area contributed by atoms with E-state index in [0.717, 1.165) is 12.1 Å². The van der Waals surface area contributed by atoms with Crippen molar-refractivity contribution in [3.8, 4) is 5.75 Å². The Hall–Kier alpha value is -1.97. The van der Waals surface area contributed by atoms with E-state index in [4.69, 9.17) is 21.7 Å². The number of ether oxygens (including phenoxy) is 1. The third-order valence-electron chi connectivity index (χ3n) is 3.63. The van der Waals surface area contributed by atoms with Crippen molar-refractivity contribution < 1.29 is 22.3 Å². The molecule has 2 N–H and O–H groups in total. The fourth-order valence-electron chi connectivity index (χ4n) is 2.36. The van der Waals surface area contributed by atoms with Gasteiger partial charge in [0, 0.05) is 22.5 Å². The number of fused-ring (bicyclic) bond motifs is 1. The Balaban J connectivity index is 2.04. The topological polar surface area (TPSA) is 96.3 Å². The van der Waals surface area contributed by atoms with Gasteiger partial charge in [-0.2, -0.15) is 0 Å². The fourth-order valence-corrected chi connectivity index (χ4v) is 4.76. The molecule has 0 fully saturated rings. The first kappa shape index (κ1) is 18.8. The third kappa shape index (κ3) is 3.60. The number of rotatable bonds is 3. The molecule has 0 unspecified atom stereocenters. The molecule has 0 bridgehead atoms. The van der Waals surface area contributed by atoms with Crippen LogP contribution in [0.5, 0.6) is 5.75 Å². The molecule has 1 aliphatic heterocycles. The van der Waals surface area contributed by atoms with Gasteiger partial charge in [-0.15, -0.1) is 0 Å². The first-order valence-corrected chi connectivity index (χ1v) is 9.91. The molecule has 0 spiro atoms. The summed E-state index contributed by atoms with van der Waals surface area (Å²) < 4.78 is 46.4. The van der Waals surface area contributed by atoms with Crippen LogP contribution >= 0.6 is 27.5 Å². The Kier molecular flexibility index (Phi) is 5.05. The monoisotopic (exact) mass is 460 g/mol. The molecule has 0 atom stereocenters. The minimum absolute atomic E-state index is 0.0127. The third-order valence-corrected chi connectivity index (χ3v) is 6.27. The first-order chi connectivity index (χ1) is 12.2. The van der Waals surface area contributed by atoms with Crippen LogP contribution in [0.1, 0.15) is 12.0 Å². The number of anilines is 1. The Labute approximate surface area is 162 Å². The largest absolute Gasteiger partial charge is 0.492 e. The standard InChI is InChI=1S/C16H11BrClFN2O4S/c17-10-6-9-14(25-4-3-13(22)16(9)20)7-15(10)26(23,24)21-12-2-1-8(19)5-11(12)18/h1-2,5-7,20-21H,3-4H2. The lowest BCUT2D eigenvalue weighted by atomic mass is 10.1. The highest BCUT2D eigenvalue weighted by Gasteiger charge is 2.27. The summed E-state index contributed by atoms with van der Waals surface area (Å²) in [7, 11) is -4.09. The van der Waals surface area contributed by atoms with Gasteiger partial charge in [-0.25, -0.2) is 12.8 Å². The Morgan fingerprint density at radius 2 is 2.00 bits per heavy atom. The average molecular weight is 462 g/mol. The predicted octanol–water partition coefficient (Wildman–Crippen LogP) is 3.76. The highest BCUT2D eigenvalue weighted by molar-refractivity contribution is 9.10. The number of benzene rings is 2. The minimum Gasteiger partial charge on any atom is -0.492 e. The molecule has 26 heavy (non-hydrogen) atoms. The van der Waals surface area contributed by atoms with E-state index in [2.05, 4.69) is 20.7 Å². The molecule has 3 rings (SSSR count). The van der Waals surface area contributed by atoms with Crippen molar-refractivity contribution in [3.05, 3.63) is 51.2 Å². The molecule has 10 heteroatoms. The molecule has 136 valence electrons. The van der Waals surface area contributed by atoms with Crippen molar-refractivity contribution in [1.29, 1.82) is 5.41 Å². The second kappa shape index (κ2) is 6.98. The van der Waals surface area contributed by atoms with Gasteiger partial charge in [-0.3, -0.25) is 14.9 Å². The number of ketones is 1. The predicted molar refractivity (Wildman–Crippen MR) is 98.3 cm³/mol. The van der Waals surface area contributed by atoms with Crippen LogP contribution in [0.3, 0.4) is 0 Å². The van der Waals surface area contributed by atoms with Gasteiger partial charge in [0.25, 0.3) is 10.0 Å². The van der Waals surface area contributed by atoms with Crippen LogP contribution in [0.25, 0.3) is 0 Å². The molecule has 2 aromatic carbocycles. The van der Waals surface area contributed by atoms with Gasteiger partial charge < -0.3 is 4.74 Å². The molecule has 0 aromatic heterocycles. The Bertz CT molecular complexity index is 1040. The molecular formula is C16H11BrClFN2O4S. The van der Waals surface area contributed by atoms with Crippen molar-refractivity contribution in [2.75, 3.05) is 11.3 Å². The molecule has 1 aliphatic rings. The lowest BCUT2D eigenvalue weighted by Crippen LogP contribution is -2.16. The smallest absolute Gasteiger partial charge is 0.263 e. The summed E-state index contributed by atoms with van der Waals surface area (Å²) in [5, 5.41) is 7.80. The summed E-state index contributed by atoms with van der Waals surface area (Å²) in [5.74, 6) is -0.863. The maximum atomic E-state index is 13.1. The van der Waals surface area contributed by atoms with Gasteiger partial charge in [-0.05, 0) is 40.2 Å². The van der Waals surface area contributed by atoms with Crippen molar-refractivity contribution in [3.63, 3.8) is 0 Å². The van der Waals surface area contributed by atoms with E-state index in [1.807, 2.05) is 0 Å². The number of hydrogen-bond acceptors (Lipinski definition) is 5. The van der Waals surface area contributed by atoms with Gasteiger partial charge >= 0.3 is 0 Å². The zero-order chi connectivity index (χ0) is 19.1. The van der Waals surface area contributed by atoms with Gasteiger partial charge in [0.1, 0.15) is 22.2 Å². The Morgan fingerprint density at radius 3 is 2.69 bits per heavy atom. The molecule has 2 aromatic rings. The number of Topliss-reactive ketones (excluding diaryl/α,β-unsaturated/α-hetero) is 1. The summed E-state index contributed by atoms with van der Waals surface area (Å²) >= 11 is 9.02. The summed E-state index contributed by atoms with van der Waals surface area (Å²) in [4.78, 5) is 11.6. The number of halogens is 3. The second-order valence-corrected chi connectivity index (χ2v) is 8.32. The molecule has 0 saturated heterocycles. The number of nitrogens with one attached hydrogen (secondary N) is 2. The van der Waals surface area contributed by atoms with E-state index in [1.165, 1.54) is 18.2 Å². The first-order valence-electron chi connectivity index (χ1n) is 7.25. The van der Waals surface area contributed by atoms with E-state index in [1.54, 1.807) is 0 Å². The highest BCUT2D eigenvalue weighted by atomic mass is 79.9. The van der Waals surface area contributed by atoms with E-state index in [-0.39, 0.29) is 55.9 Å². The SMILES string of the molecule is N=C1C(=O)CCOc2cc(S(=O)(=O)Nc3ccc(F)cc3Cl)c(Br)cc21. The van der Waals surface area contributed by atoms with Crippen LogP contribution < -0.4 is 9.46 Å². The van der Waals surface area contributed by atoms with E-state index < -0.39 is 15.8 Å². The molecular weight excluding hydrogens is 451 g/mol. The number of carbonyl (C=O) groups is 1. The van der Waals surface area contributed by atoms with Crippen LogP contribution in [0.2, 0.25) is 5.02 Å². The van der Waals surface area contributed by atoms with Gasteiger partial charge in [0.05, 0.1) is 17.3 Å². The van der Waals surface area contributed by atoms with Crippen molar-refractivity contribution in [2.45, 2.75) is 11.3 Å². The number of carbonyl (C=O) groups excluding carboxylic acids is 1. The lowest BCUT2D eigenvalue weighted by Gasteiger charge is -2.14. The number of sulfonamides is 1. The van der Waals surface area contributed by atoms with Crippen LogP contribution in [0.15, 0.2) is 39.7 Å². The van der Waals surface area contributed by atoms with Crippen LogP contribution in [0, 0.1) is 11.2 Å². The average Bonchev–Trinajstić information content (AvgIpc) is 2.69. The summed E-state index contributed by atoms with van der Waals surface area (Å²) in [6.07, 6.45) is 0.0383. The normalized spacial score (nSPS) is 14.4. The second-order valence-electron chi connectivity index (χ2n) is 5.41. The molecule has 0 aliphatic carbocycles. The molecule has 6 nitrogen and oxygen atoms in total. The molecule has 0 saturated carbocycles. The van der Waals surface area contributed by atoms with Gasteiger partial charge in [0.15, 0.2) is 5.78 Å². The number of hydrogen-bond donors (Lipinski definition) is 2. The Morgan fingerprint density at radius 1 is 1.27 bits per heavy atom. The molecule has 0 amide bonds. The van der Waals surface area contributed by atoms with E-state index in [9.17, 15) is 17.6 Å². The van der Waals surface area contributed by atoms with Crippen LogP contribution in [-0.4, -0.2) is 26.5 Å². The molecule has 0 radical (unpaired) electrons. The molecule has 1 heterocycles. The van der Waals surface area contributed by atoms with E-state index in [0.29, 0.717) is 0 Å². The van der Waals surface area contributed by atoms with Crippen molar-refractivity contribution in [1.82, 2.24) is 0 Å². The fraction of sp³-hybridized carbons (Fsp3) is 0.125. The highest BCUT2D eigenvalue weighted by Crippen LogP contribution is 2.34. The van der Waals surface area contributed by atoms with Gasteiger partial charge in [0.2, 0.25) is 0 Å². The summed E-state index contributed by atoms with van der Waals surface area (Å²) in [5.41, 5.74) is -0.0198. The van der Waals surface area contributed by atoms with Crippen LogP contribution in [0.4, 0.5) is 10.1 Å². The maximum Gasteiger partial charge on any atom is 0.263 e. The van der Waals surface area contributed by atoms with Crippen LogP contribution in [-0.2, 0) is 14.8 Å². The van der Waals surface area contributed by atoms with E-state index >= 15 is 0 Å². The minimum atomic E-state index is -4.09. The van der Waals surface area contributed by atoms with Gasteiger partial charge in [-0.1, -0.05) is 11.6 Å².